The van der Waals surface area contributed by atoms with Gasteiger partial charge in [-0.05, 0) is 24.3 Å². The molecule has 0 saturated carbocycles. The van der Waals surface area contributed by atoms with Crippen molar-refractivity contribution in [3.8, 4) is 17.1 Å². The molecule has 0 spiro atoms. The normalized spacial score (nSPS) is 12.6. The topological polar surface area (TPSA) is 94.4 Å². The Balaban J connectivity index is 2.12. The van der Waals surface area contributed by atoms with Gasteiger partial charge in [-0.3, -0.25) is 0 Å². The van der Waals surface area contributed by atoms with Crippen molar-refractivity contribution in [1.82, 2.24) is 10.1 Å². The lowest BCUT2D eigenvalue weighted by molar-refractivity contribution is 0.102. The zero-order valence-electron chi connectivity index (χ0n) is 10.0. The van der Waals surface area contributed by atoms with Crippen LogP contribution in [0.2, 0.25) is 0 Å². The fourth-order valence-corrected chi connectivity index (χ4v) is 1.52. The van der Waals surface area contributed by atoms with Crippen LogP contribution in [-0.2, 0) is 11.2 Å². The maximum Gasteiger partial charge on any atom is 0.229 e. The van der Waals surface area contributed by atoms with E-state index in [-0.39, 0.29) is 11.9 Å². The molecule has 6 heteroatoms. The molecule has 0 aliphatic carbocycles. The van der Waals surface area contributed by atoms with E-state index in [2.05, 4.69) is 10.1 Å². The number of hydrogen-bond donors (Lipinski definition) is 2. The van der Waals surface area contributed by atoms with E-state index >= 15 is 0 Å². The van der Waals surface area contributed by atoms with Gasteiger partial charge in [-0.15, -0.1) is 0 Å². The molecule has 1 unspecified atom stereocenters. The molecule has 0 saturated heterocycles. The van der Waals surface area contributed by atoms with Crippen LogP contribution in [0, 0.1) is 0 Å². The van der Waals surface area contributed by atoms with E-state index in [0.29, 0.717) is 24.7 Å². The highest BCUT2D eigenvalue weighted by Crippen LogP contribution is 2.19. The van der Waals surface area contributed by atoms with E-state index < -0.39 is 0 Å². The number of nitrogens with zero attached hydrogens (tertiary/aromatic N) is 2. The molecule has 6 nitrogen and oxygen atoms in total. The first kappa shape index (κ1) is 12.5. The van der Waals surface area contributed by atoms with E-state index in [1.54, 1.807) is 31.4 Å². The number of phenols is 1. The van der Waals surface area contributed by atoms with Crippen LogP contribution in [0.15, 0.2) is 28.8 Å². The van der Waals surface area contributed by atoms with Crippen LogP contribution >= 0.6 is 0 Å². The molecular weight excluding hydrogens is 234 g/mol. The summed E-state index contributed by atoms with van der Waals surface area (Å²) in [7, 11) is 1.59. The van der Waals surface area contributed by atoms with E-state index in [1.165, 1.54) is 0 Å². The van der Waals surface area contributed by atoms with Crippen LogP contribution in [-0.4, -0.2) is 35.0 Å². The first-order chi connectivity index (χ1) is 8.72. The second-order valence-electron chi connectivity index (χ2n) is 3.86. The number of methoxy groups -OCH3 is 1. The molecule has 1 aromatic carbocycles. The van der Waals surface area contributed by atoms with Crippen molar-refractivity contribution in [3.63, 3.8) is 0 Å². The predicted molar refractivity (Wildman–Crippen MR) is 65.0 cm³/mol. The molecule has 3 N–H and O–H groups in total. The van der Waals surface area contributed by atoms with Gasteiger partial charge in [0.25, 0.3) is 0 Å². The fraction of sp³-hybridized carbons (Fsp3) is 0.333. The summed E-state index contributed by atoms with van der Waals surface area (Å²) in [5.41, 5.74) is 6.31. The summed E-state index contributed by atoms with van der Waals surface area (Å²) in [5.74, 6) is 1.16. The minimum absolute atomic E-state index is 0.127. The van der Waals surface area contributed by atoms with Crippen molar-refractivity contribution in [2.24, 2.45) is 5.73 Å². The maximum absolute atomic E-state index is 9.20. The Hall–Kier alpha value is -1.92. The molecule has 96 valence electrons. The number of hydrogen-bond acceptors (Lipinski definition) is 6. The Kier molecular flexibility index (Phi) is 3.91. The summed E-state index contributed by atoms with van der Waals surface area (Å²) in [6.07, 6.45) is 0.357. The van der Waals surface area contributed by atoms with Gasteiger partial charge >= 0.3 is 0 Å². The van der Waals surface area contributed by atoms with E-state index in [9.17, 15) is 5.11 Å². The van der Waals surface area contributed by atoms with Gasteiger partial charge < -0.3 is 20.1 Å². The predicted octanol–water partition coefficient (Wildman–Crippen LogP) is 0.958. The summed E-state index contributed by atoms with van der Waals surface area (Å²) >= 11 is 0. The Morgan fingerprint density at radius 3 is 2.72 bits per heavy atom. The number of ether oxygens (including phenoxy) is 1. The number of phenolic OH excluding ortho intramolecular Hbond substituents is 1. The van der Waals surface area contributed by atoms with Gasteiger partial charge in [0.05, 0.1) is 12.5 Å². The van der Waals surface area contributed by atoms with E-state index in [4.69, 9.17) is 15.0 Å². The molecule has 1 atom stereocenters. The minimum atomic E-state index is -0.127. The molecule has 0 aliphatic heterocycles. The molecule has 0 bridgehead atoms. The lowest BCUT2D eigenvalue weighted by Crippen LogP contribution is -2.24. The number of benzene rings is 1. The van der Waals surface area contributed by atoms with Crippen molar-refractivity contribution in [3.05, 3.63) is 30.2 Å². The van der Waals surface area contributed by atoms with Gasteiger partial charge in [0.1, 0.15) is 5.75 Å². The summed E-state index contributed by atoms with van der Waals surface area (Å²) in [6, 6.07) is 6.59. The van der Waals surface area contributed by atoms with Crippen LogP contribution in [0.1, 0.15) is 5.89 Å². The third-order valence-electron chi connectivity index (χ3n) is 2.59. The lowest BCUT2D eigenvalue weighted by Gasteiger charge is -2.08. The molecule has 0 fully saturated rings. The molecular formula is C12H15N3O3. The molecule has 2 aromatic rings. The molecule has 0 radical (unpaired) electrons. The van der Waals surface area contributed by atoms with Crippen molar-refractivity contribution in [2.75, 3.05) is 13.7 Å². The van der Waals surface area contributed by atoms with Gasteiger partial charge in [-0.2, -0.15) is 4.98 Å². The zero-order valence-corrected chi connectivity index (χ0v) is 10.0. The number of nitrogens with two attached hydrogens (primary N) is 1. The first-order valence-corrected chi connectivity index (χ1v) is 5.57. The minimum Gasteiger partial charge on any atom is -0.508 e. The monoisotopic (exact) mass is 249 g/mol. The number of aromatic nitrogens is 2. The second-order valence-corrected chi connectivity index (χ2v) is 3.86. The summed E-state index contributed by atoms with van der Waals surface area (Å²) in [5, 5.41) is 13.1. The first-order valence-electron chi connectivity index (χ1n) is 5.57. The average Bonchev–Trinajstić information content (AvgIpc) is 2.85. The van der Waals surface area contributed by atoms with E-state index in [0.717, 1.165) is 5.56 Å². The molecule has 18 heavy (non-hydrogen) atoms. The van der Waals surface area contributed by atoms with Crippen molar-refractivity contribution < 1.29 is 14.4 Å². The Labute approximate surface area is 104 Å². The fourth-order valence-electron chi connectivity index (χ4n) is 1.52. The van der Waals surface area contributed by atoms with Crippen LogP contribution < -0.4 is 5.73 Å². The maximum atomic E-state index is 9.20. The third kappa shape index (κ3) is 2.85. The van der Waals surface area contributed by atoms with Gasteiger partial charge in [0, 0.05) is 19.2 Å². The number of rotatable bonds is 5. The SMILES string of the molecule is COC(CN)Cc1nc(-c2ccc(O)cc2)no1. The molecule has 2 rings (SSSR count). The highest BCUT2D eigenvalue weighted by atomic mass is 16.5. The van der Waals surface area contributed by atoms with Gasteiger partial charge in [0.2, 0.25) is 11.7 Å². The summed E-state index contributed by atoms with van der Waals surface area (Å²) in [4.78, 5) is 4.25. The average molecular weight is 249 g/mol. The zero-order chi connectivity index (χ0) is 13.0. The van der Waals surface area contributed by atoms with Crippen LogP contribution in [0.4, 0.5) is 0 Å². The Morgan fingerprint density at radius 2 is 2.11 bits per heavy atom. The quantitative estimate of drug-likeness (QED) is 0.819. The Bertz CT molecular complexity index is 492. The third-order valence-corrected chi connectivity index (χ3v) is 2.59. The van der Waals surface area contributed by atoms with Crippen molar-refractivity contribution in [2.45, 2.75) is 12.5 Å². The van der Waals surface area contributed by atoms with Crippen molar-refractivity contribution in [1.29, 1.82) is 0 Å². The van der Waals surface area contributed by atoms with Crippen LogP contribution in [0.3, 0.4) is 0 Å². The highest BCUT2D eigenvalue weighted by molar-refractivity contribution is 5.55. The molecule has 1 aromatic heterocycles. The van der Waals surface area contributed by atoms with Crippen LogP contribution in [0.25, 0.3) is 11.4 Å². The molecule has 0 aliphatic rings. The largest absolute Gasteiger partial charge is 0.508 e. The molecule has 1 heterocycles. The second kappa shape index (κ2) is 5.61. The van der Waals surface area contributed by atoms with Gasteiger partial charge in [0.15, 0.2) is 0 Å². The lowest BCUT2D eigenvalue weighted by atomic mass is 10.2. The van der Waals surface area contributed by atoms with Crippen molar-refractivity contribution >= 4 is 0 Å². The van der Waals surface area contributed by atoms with Gasteiger partial charge in [-0.25, -0.2) is 0 Å². The Morgan fingerprint density at radius 1 is 1.39 bits per heavy atom. The summed E-state index contributed by atoms with van der Waals surface area (Å²) in [6.45, 7) is 0.396. The van der Waals surface area contributed by atoms with Crippen LogP contribution in [0.5, 0.6) is 5.75 Å². The van der Waals surface area contributed by atoms with E-state index in [1.807, 2.05) is 0 Å². The number of aromatic hydroxyl groups is 1. The standard InChI is InChI=1S/C12H15N3O3/c1-17-10(7-13)6-11-14-12(15-18-11)8-2-4-9(16)5-3-8/h2-5,10,16H,6-7,13H2,1H3. The molecule has 0 amide bonds. The summed E-state index contributed by atoms with van der Waals surface area (Å²) < 4.78 is 10.3. The smallest absolute Gasteiger partial charge is 0.229 e. The highest BCUT2D eigenvalue weighted by Gasteiger charge is 2.13. The van der Waals surface area contributed by atoms with Gasteiger partial charge in [-0.1, -0.05) is 5.16 Å².